The van der Waals surface area contributed by atoms with Crippen LogP contribution in [0, 0.1) is 5.92 Å². The highest BCUT2D eigenvalue weighted by atomic mass is 16.5. The third kappa shape index (κ3) is 1.56. The molecule has 0 aromatic heterocycles. The number of hydrogen-bond acceptors (Lipinski definition) is 1. The van der Waals surface area contributed by atoms with Crippen LogP contribution in [0.2, 0.25) is 0 Å². The summed E-state index contributed by atoms with van der Waals surface area (Å²) < 4.78 is 5.76. The van der Waals surface area contributed by atoms with E-state index in [2.05, 4.69) is 34.6 Å². The second-order valence-corrected chi connectivity index (χ2v) is 3.91. The number of hydrogen-bond donors (Lipinski definition) is 0. The molecule has 2 atom stereocenters. The van der Waals surface area contributed by atoms with E-state index >= 15 is 0 Å². The molecule has 1 heterocycles. The largest absolute Gasteiger partial charge is 0.367 e. The van der Waals surface area contributed by atoms with Gasteiger partial charge in [0.05, 0.1) is 12.2 Å². The first-order chi connectivity index (χ1) is 5.57. The van der Waals surface area contributed by atoms with E-state index in [1.54, 1.807) is 0 Å². The van der Waals surface area contributed by atoms with Crippen molar-refractivity contribution < 1.29 is 4.74 Å². The van der Waals surface area contributed by atoms with Crippen molar-refractivity contribution in [3.63, 3.8) is 0 Å². The average molecular weight is 168 g/mol. The monoisotopic (exact) mass is 168 g/mol. The van der Waals surface area contributed by atoms with E-state index in [1.807, 2.05) is 0 Å². The molecule has 0 unspecified atom stereocenters. The molecular formula is C11H20O. The Kier molecular flexibility index (Phi) is 2.94. The van der Waals surface area contributed by atoms with Crippen molar-refractivity contribution in [3.8, 4) is 0 Å². The Labute approximate surface area is 75.8 Å². The highest BCUT2D eigenvalue weighted by molar-refractivity contribution is 5.27. The summed E-state index contributed by atoms with van der Waals surface area (Å²) in [4.78, 5) is 0. The van der Waals surface area contributed by atoms with Gasteiger partial charge in [0.1, 0.15) is 0 Å². The van der Waals surface area contributed by atoms with Crippen LogP contribution in [0.3, 0.4) is 0 Å². The lowest BCUT2D eigenvalue weighted by Gasteiger charge is -2.12. The maximum Gasteiger partial charge on any atom is 0.0771 e. The third-order valence-corrected chi connectivity index (χ3v) is 2.71. The topological polar surface area (TPSA) is 9.23 Å². The molecule has 70 valence electrons. The summed E-state index contributed by atoms with van der Waals surface area (Å²) >= 11 is 0. The Balaban J connectivity index is 2.93. The van der Waals surface area contributed by atoms with Crippen molar-refractivity contribution in [2.75, 3.05) is 0 Å². The predicted octanol–water partition coefficient (Wildman–Crippen LogP) is 3.16. The fourth-order valence-corrected chi connectivity index (χ4v) is 2.29. The van der Waals surface area contributed by atoms with Gasteiger partial charge in [-0.3, -0.25) is 0 Å². The van der Waals surface area contributed by atoms with Crippen LogP contribution in [0.1, 0.15) is 41.0 Å². The van der Waals surface area contributed by atoms with Gasteiger partial charge in [0, 0.05) is 0 Å². The van der Waals surface area contributed by atoms with E-state index in [0.717, 1.165) is 6.42 Å². The van der Waals surface area contributed by atoms with Crippen molar-refractivity contribution in [1.82, 2.24) is 0 Å². The third-order valence-electron chi connectivity index (χ3n) is 2.71. The summed E-state index contributed by atoms with van der Waals surface area (Å²) in [7, 11) is 0. The maximum atomic E-state index is 5.76. The van der Waals surface area contributed by atoms with Gasteiger partial charge in [-0.05, 0) is 37.3 Å². The molecule has 1 aliphatic rings. The fraction of sp³-hybridized carbons (Fsp3) is 0.818. The van der Waals surface area contributed by atoms with E-state index in [-0.39, 0.29) is 0 Å². The molecule has 0 aliphatic carbocycles. The van der Waals surface area contributed by atoms with Crippen molar-refractivity contribution in [2.24, 2.45) is 5.92 Å². The lowest BCUT2D eigenvalue weighted by molar-refractivity contribution is 0.0708. The van der Waals surface area contributed by atoms with Gasteiger partial charge in [0.25, 0.3) is 0 Å². The summed E-state index contributed by atoms with van der Waals surface area (Å²) in [6, 6.07) is 0. The van der Waals surface area contributed by atoms with Gasteiger partial charge in [0.15, 0.2) is 0 Å². The molecule has 0 N–H and O–H groups in total. The van der Waals surface area contributed by atoms with Crippen LogP contribution in [-0.2, 0) is 4.74 Å². The van der Waals surface area contributed by atoms with Gasteiger partial charge in [-0.15, -0.1) is 0 Å². The van der Waals surface area contributed by atoms with Crippen LogP contribution < -0.4 is 0 Å². The minimum absolute atomic E-state index is 0.343. The minimum Gasteiger partial charge on any atom is -0.367 e. The van der Waals surface area contributed by atoms with E-state index in [9.17, 15) is 0 Å². The normalized spacial score (nSPS) is 30.5. The summed E-state index contributed by atoms with van der Waals surface area (Å²) in [6.07, 6.45) is 1.83. The van der Waals surface area contributed by atoms with Crippen LogP contribution in [-0.4, -0.2) is 12.2 Å². The fourth-order valence-electron chi connectivity index (χ4n) is 2.29. The Morgan fingerprint density at radius 1 is 1.25 bits per heavy atom. The summed E-state index contributed by atoms with van der Waals surface area (Å²) in [6.45, 7) is 11.0. The van der Waals surface area contributed by atoms with Crippen molar-refractivity contribution >= 4 is 0 Å². The zero-order valence-corrected chi connectivity index (χ0v) is 8.85. The molecular weight excluding hydrogens is 148 g/mol. The molecule has 0 aromatic carbocycles. The molecule has 0 fully saturated rings. The second kappa shape index (κ2) is 3.61. The second-order valence-electron chi connectivity index (χ2n) is 3.91. The molecule has 0 saturated carbocycles. The van der Waals surface area contributed by atoms with Crippen molar-refractivity contribution in [3.05, 3.63) is 11.1 Å². The molecule has 0 bridgehead atoms. The predicted molar refractivity (Wildman–Crippen MR) is 52.2 cm³/mol. The molecule has 1 heteroatoms. The van der Waals surface area contributed by atoms with Gasteiger partial charge in [-0.2, -0.15) is 0 Å². The van der Waals surface area contributed by atoms with Crippen molar-refractivity contribution in [2.45, 2.75) is 53.2 Å². The molecule has 0 amide bonds. The van der Waals surface area contributed by atoms with Gasteiger partial charge >= 0.3 is 0 Å². The van der Waals surface area contributed by atoms with Gasteiger partial charge in [0.2, 0.25) is 0 Å². The van der Waals surface area contributed by atoms with E-state index < -0.39 is 0 Å². The van der Waals surface area contributed by atoms with E-state index in [0.29, 0.717) is 18.1 Å². The Hall–Kier alpha value is -0.300. The van der Waals surface area contributed by atoms with Crippen LogP contribution in [0.4, 0.5) is 0 Å². The number of rotatable bonds is 2. The highest BCUT2D eigenvalue weighted by Crippen LogP contribution is 2.33. The van der Waals surface area contributed by atoms with E-state index in [4.69, 9.17) is 4.74 Å². The molecule has 12 heavy (non-hydrogen) atoms. The molecule has 0 radical (unpaired) electrons. The first-order valence-electron chi connectivity index (χ1n) is 4.96. The molecule has 0 aromatic rings. The maximum absolute atomic E-state index is 5.76. The van der Waals surface area contributed by atoms with Crippen LogP contribution in [0.25, 0.3) is 0 Å². The quantitative estimate of drug-likeness (QED) is 0.575. The Bertz CT molecular complexity index is 191. The summed E-state index contributed by atoms with van der Waals surface area (Å²) in [5.74, 6) is 0.639. The standard InChI is InChI=1S/C11H20O/c1-6-10-8(4)12-9(5)11(10)7(2)3/h7-9H,6H2,1-5H3/t8-,9-/m1/s1. The van der Waals surface area contributed by atoms with Crippen molar-refractivity contribution in [1.29, 1.82) is 0 Å². The summed E-state index contributed by atoms with van der Waals surface area (Å²) in [5.41, 5.74) is 3.06. The SMILES string of the molecule is CCC1=C(C(C)C)[C@@H](C)O[C@@H]1C. The van der Waals surface area contributed by atoms with E-state index in [1.165, 1.54) is 11.1 Å². The smallest absolute Gasteiger partial charge is 0.0771 e. The van der Waals surface area contributed by atoms with Gasteiger partial charge < -0.3 is 4.74 Å². The lowest BCUT2D eigenvalue weighted by Crippen LogP contribution is -2.10. The zero-order valence-electron chi connectivity index (χ0n) is 8.85. The Morgan fingerprint density at radius 2 is 1.83 bits per heavy atom. The van der Waals surface area contributed by atoms with Crippen LogP contribution >= 0.6 is 0 Å². The van der Waals surface area contributed by atoms with Crippen LogP contribution in [0.15, 0.2) is 11.1 Å². The van der Waals surface area contributed by atoms with Gasteiger partial charge in [-0.1, -0.05) is 20.8 Å². The molecule has 1 aliphatic heterocycles. The molecule has 0 spiro atoms. The number of ether oxygens (including phenoxy) is 1. The average Bonchev–Trinajstić information content (AvgIpc) is 2.24. The molecule has 0 saturated heterocycles. The summed E-state index contributed by atoms with van der Waals surface area (Å²) in [5, 5.41) is 0. The highest BCUT2D eigenvalue weighted by Gasteiger charge is 2.28. The van der Waals surface area contributed by atoms with Crippen LogP contribution in [0.5, 0.6) is 0 Å². The zero-order chi connectivity index (χ0) is 9.30. The molecule has 1 rings (SSSR count). The molecule has 1 nitrogen and oxygen atoms in total. The van der Waals surface area contributed by atoms with Gasteiger partial charge in [-0.25, -0.2) is 0 Å². The lowest BCUT2D eigenvalue weighted by atomic mass is 9.92. The first kappa shape index (κ1) is 9.79. The first-order valence-corrected chi connectivity index (χ1v) is 4.96. The Morgan fingerprint density at radius 3 is 2.17 bits per heavy atom. The minimum atomic E-state index is 0.343.